The smallest absolute Gasteiger partial charge is 0.250 e. The highest BCUT2D eigenvalue weighted by Crippen LogP contribution is 2.24. The van der Waals surface area contributed by atoms with Gasteiger partial charge in [0.2, 0.25) is 5.91 Å². The van der Waals surface area contributed by atoms with E-state index in [-0.39, 0.29) is 11.0 Å². The van der Waals surface area contributed by atoms with Gasteiger partial charge in [0.15, 0.2) is 5.11 Å². The van der Waals surface area contributed by atoms with Crippen LogP contribution >= 0.6 is 12.2 Å². The van der Waals surface area contributed by atoms with E-state index in [1.54, 1.807) is 6.08 Å². The first-order valence-corrected chi connectivity index (χ1v) is 9.93. The molecule has 0 aromatic heterocycles. The predicted molar refractivity (Wildman–Crippen MR) is 124 cm³/mol. The zero-order valence-electron chi connectivity index (χ0n) is 16.5. The van der Waals surface area contributed by atoms with Crippen LogP contribution in [0.3, 0.4) is 0 Å². The Morgan fingerprint density at radius 1 is 1.03 bits per heavy atom. The Hall–Kier alpha value is -3.18. The summed E-state index contributed by atoms with van der Waals surface area (Å²) >= 11 is 5.28. The molecular formula is C24H24N2O2S. The van der Waals surface area contributed by atoms with Gasteiger partial charge in [-0.2, -0.15) is 0 Å². The number of fused-ring (bicyclic) bond motifs is 1. The van der Waals surface area contributed by atoms with Crippen molar-refractivity contribution in [2.45, 2.75) is 13.8 Å². The Balaban J connectivity index is 1.63. The lowest BCUT2D eigenvalue weighted by molar-refractivity contribution is -0.115. The van der Waals surface area contributed by atoms with Gasteiger partial charge in [-0.1, -0.05) is 68.4 Å². The van der Waals surface area contributed by atoms with E-state index < -0.39 is 0 Å². The third kappa shape index (κ3) is 5.90. The molecule has 3 aromatic carbocycles. The first kappa shape index (κ1) is 20.6. The van der Waals surface area contributed by atoms with E-state index in [4.69, 9.17) is 17.0 Å². The van der Waals surface area contributed by atoms with E-state index in [1.165, 1.54) is 6.08 Å². The van der Waals surface area contributed by atoms with Crippen molar-refractivity contribution in [3.8, 4) is 5.75 Å². The number of hydrogen-bond donors (Lipinski definition) is 2. The molecule has 0 saturated heterocycles. The van der Waals surface area contributed by atoms with Gasteiger partial charge in [-0.15, -0.1) is 0 Å². The Bertz CT molecular complexity index is 1040. The minimum Gasteiger partial charge on any atom is -0.491 e. The summed E-state index contributed by atoms with van der Waals surface area (Å²) in [6.07, 6.45) is 3.27. The van der Waals surface area contributed by atoms with E-state index in [0.29, 0.717) is 18.3 Å². The van der Waals surface area contributed by atoms with Gasteiger partial charge in [0, 0.05) is 6.08 Å². The van der Waals surface area contributed by atoms with Crippen molar-refractivity contribution in [3.05, 3.63) is 78.4 Å². The number of ether oxygens (including phenoxy) is 1. The monoisotopic (exact) mass is 404 g/mol. The zero-order chi connectivity index (χ0) is 20.6. The van der Waals surface area contributed by atoms with Gasteiger partial charge in [-0.05, 0) is 52.7 Å². The van der Waals surface area contributed by atoms with Crippen molar-refractivity contribution in [1.29, 1.82) is 0 Å². The van der Waals surface area contributed by atoms with Crippen molar-refractivity contribution in [3.63, 3.8) is 0 Å². The second-order valence-corrected chi connectivity index (χ2v) is 7.45. The molecule has 3 aromatic rings. The average Bonchev–Trinajstić information content (AvgIpc) is 2.71. The number of benzene rings is 3. The number of carbonyl (C=O) groups is 1. The Kier molecular flexibility index (Phi) is 6.98. The number of carbonyl (C=O) groups excluding carboxylic acids is 1. The first-order chi connectivity index (χ1) is 14.0. The van der Waals surface area contributed by atoms with E-state index in [0.717, 1.165) is 22.0 Å². The number of thiocarbonyl (C=S) groups is 1. The molecule has 0 spiro atoms. The van der Waals surface area contributed by atoms with Crippen LogP contribution in [0.4, 0.5) is 5.69 Å². The van der Waals surface area contributed by atoms with Crippen LogP contribution in [0.5, 0.6) is 5.75 Å². The highest BCUT2D eigenvalue weighted by molar-refractivity contribution is 7.80. The number of anilines is 1. The maximum atomic E-state index is 12.3. The topological polar surface area (TPSA) is 50.4 Å². The van der Waals surface area contributed by atoms with Crippen molar-refractivity contribution in [1.82, 2.24) is 5.32 Å². The van der Waals surface area contributed by atoms with Crippen molar-refractivity contribution in [2.75, 3.05) is 11.9 Å². The molecule has 5 heteroatoms. The van der Waals surface area contributed by atoms with Crippen LogP contribution in [0.2, 0.25) is 0 Å². The van der Waals surface area contributed by atoms with Gasteiger partial charge in [0.1, 0.15) is 5.75 Å². The summed E-state index contributed by atoms with van der Waals surface area (Å²) in [5.41, 5.74) is 1.70. The lowest BCUT2D eigenvalue weighted by Gasteiger charge is -2.15. The van der Waals surface area contributed by atoms with Crippen LogP contribution in [-0.4, -0.2) is 17.6 Å². The standard InChI is InChI=1S/C24H24N2O2S/c1-17(2)16-28-22-13-6-5-12-21(22)25-24(29)26-23(27)15-14-19-10-7-9-18-8-3-4-11-20(18)19/h3-15,17H,16H2,1-2H3,(H2,25,26,27,29)/b15-14+. The van der Waals surface area contributed by atoms with Gasteiger partial charge in [-0.3, -0.25) is 10.1 Å². The fraction of sp³-hybridized carbons (Fsp3) is 0.167. The van der Waals surface area contributed by atoms with Crippen LogP contribution in [0.25, 0.3) is 16.8 Å². The molecule has 0 atom stereocenters. The van der Waals surface area contributed by atoms with Gasteiger partial charge in [0.25, 0.3) is 0 Å². The molecule has 0 aliphatic rings. The minimum atomic E-state index is -0.295. The molecule has 0 unspecified atom stereocenters. The lowest BCUT2D eigenvalue weighted by Crippen LogP contribution is -2.33. The van der Waals surface area contributed by atoms with E-state index in [9.17, 15) is 4.79 Å². The summed E-state index contributed by atoms with van der Waals surface area (Å²) in [5.74, 6) is 0.814. The SMILES string of the molecule is CC(C)COc1ccccc1NC(=S)NC(=O)/C=C/c1cccc2ccccc12. The van der Waals surface area contributed by atoms with Crippen molar-refractivity contribution in [2.24, 2.45) is 5.92 Å². The molecule has 0 aliphatic heterocycles. The molecule has 148 valence electrons. The van der Waals surface area contributed by atoms with Gasteiger partial charge < -0.3 is 10.1 Å². The second kappa shape index (κ2) is 9.85. The molecule has 3 rings (SSSR count). The number of nitrogens with one attached hydrogen (secondary N) is 2. The summed E-state index contributed by atoms with van der Waals surface area (Å²) in [5, 5.41) is 8.16. The second-order valence-electron chi connectivity index (χ2n) is 7.05. The molecule has 0 radical (unpaired) electrons. The van der Waals surface area contributed by atoms with Gasteiger partial charge in [0.05, 0.1) is 12.3 Å². The number of amides is 1. The lowest BCUT2D eigenvalue weighted by atomic mass is 10.0. The largest absolute Gasteiger partial charge is 0.491 e. The van der Waals surface area contributed by atoms with Gasteiger partial charge >= 0.3 is 0 Å². The normalized spacial score (nSPS) is 11.0. The third-order valence-electron chi connectivity index (χ3n) is 4.18. The van der Waals surface area contributed by atoms with E-state index in [2.05, 4.69) is 24.5 Å². The molecule has 1 amide bonds. The van der Waals surface area contributed by atoms with Gasteiger partial charge in [-0.25, -0.2) is 0 Å². The quantitative estimate of drug-likeness (QED) is 0.427. The summed E-state index contributed by atoms with van der Waals surface area (Å²) < 4.78 is 5.80. The van der Waals surface area contributed by atoms with Crippen LogP contribution in [0.1, 0.15) is 19.4 Å². The molecular weight excluding hydrogens is 380 g/mol. The van der Waals surface area contributed by atoms with Crippen LogP contribution < -0.4 is 15.4 Å². The third-order valence-corrected chi connectivity index (χ3v) is 4.39. The maximum Gasteiger partial charge on any atom is 0.250 e. The molecule has 0 fully saturated rings. The first-order valence-electron chi connectivity index (χ1n) is 9.52. The minimum absolute atomic E-state index is 0.221. The highest BCUT2D eigenvalue weighted by atomic mass is 32.1. The molecule has 2 N–H and O–H groups in total. The van der Waals surface area contributed by atoms with Crippen LogP contribution in [-0.2, 0) is 4.79 Å². The zero-order valence-corrected chi connectivity index (χ0v) is 17.3. The molecule has 0 saturated carbocycles. The number of hydrogen-bond acceptors (Lipinski definition) is 3. The Morgan fingerprint density at radius 3 is 2.59 bits per heavy atom. The molecule has 4 nitrogen and oxygen atoms in total. The summed E-state index contributed by atoms with van der Waals surface area (Å²) in [6, 6.07) is 21.6. The molecule has 0 bridgehead atoms. The summed E-state index contributed by atoms with van der Waals surface area (Å²) in [7, 11) is 0. The maximum absolute atomic E-state index is 12.3. The number of rotatable bonds is 6. The van der Waals surface area contributed by atoms with Crippen LogP contribution in [0, 0.1) is 5.92 Å². The van der Waals surface area contributed by atoms with E-state index in [1.807, 2.05) is 66.7 Å². The van der Waals surface area contributed by atoms with Crippen LogP contribution in [0.15, 0.2) is 72.8 Å². The molecule has 0 heterocycles. The molecule has 0 aliphatic carbocycles. The van der Waals surface area contributed by atoms with Crippen molar-refractivity contribution >= 4 is 45.8 Å². The predicted octanol–water partition coefficient (Wildman–Crippen LogP) is 5.40. The highest BCUT2D eigenvalue weighted by Gasteiger charge is 2.07. The molecule has 29 heavy (non-hydrogen) atoms. The van der Waals surface area contributed by atoms with Crippen molar-refractivity contribution < 1.29 is 9.53 Å². The number of para-hydroxylation sites is 2. The average molecular weight is 405 g/mol. The fourth-order valence-corrected chi connectivity index (χ4v) is 3.03. The summed E-state index contributed by atoms with van der Waals surface area (Å²) in [4.78, 5) is 12.3. The summed E-state index contributed by atoms with van der Waals surface area (Å²) in [6.45, 7) is 4.78. The van der Waals surface area contributed by atoms with E-state index >= 15 is 0 Å². The Labute approximate surface area is 176 Å². The Morgan fingerprint density at radius 2 is 1.76 bits per heavy atom. The fourth-order valence-electron chi connectivity index (χ4n) is 2.82.